The van der Waals surface area contributed by atoms with Gasteiger partial charge in [-0.1, -0.05) is 42.5 Å². The molecule has 8 nitrogen and oxygen atoms in total. The van der Waals surface area contributed by atoms with Crippen LogP contribution in [-0.4, -0.2) is 33.2 Å². The summed E-state index contributed by atoms with van der Waals surface area (Å²) in [6, 6.07) is 15.7. The minimum Gasteiger partial charge on any atom is -0.267 e. The van der Waals surface area contributed by atoms with Crippen molar-refractivity contribution in [3.63, 3.8) is 0 Å². The summed E-state index contributed by atoms with van der Waals surface area (Å²) in [4.78, 5) is 0.154. The van der Waals surface area contributed by atoms with Crippen molar-refractivity contribution >= 4 is 20.0 Å². The van der Waals surface area contributed by atoms with Crippen LogP contribution in [0.25, 0.3) is 0 Å². The maximum Gasteiger partial charge on any atom is 0.243 e. The van der Waals surface area contributed by atoms with Crippen molar-refractivity contribution in [1.29, 1.82) is 0 Å². The molecule has 0 saturated carbocycles. The molecule has 1 aromatic heterocycles. The van der Waals surface area contributed by atoms with Crippen LogP contribution in [0.3, 0.4) is 0 Å². The van der Waals surface area contributed by atoms with Crippen LogP contribution in [0.5, 0.6) is 0 Å². The minimum atomic E-state index is -3.75. The van der Waals surface area contributed by atoms with Gasteiger partial charge in [0.25, 0.3) is 0 Å². The smallest absolute Gasteiger partial charge is 0.243 e. The first-order chi connectivity index (χ1) is 13.6. The molecule has 0 unspecified atom stereocenters. The molecule has 2 aromatic carbocycles. The van der Waals surface area contributed by atoms with E-state index >= 15 is 0 Å². The summed E-state index contributed by atoms with van der Waals surface area (Å²) >= 11 is 0. The molecule has 0 amide bonds. The van der Waals surface area contributed by atoms with E-state index in [4.69, 9.17) is 5.14 Å². The van der Waals surface area contributed by atoms with E-state index in [1.165, 1.54) is 18.3 Å². The van der Waals surface area contributed by atoms with Gasteiger partial charge >= 0.3 is 0 Å². The molecule has 3 rings (SSSR count). The van der Waals surface area contributed by atoms with E-state index in [1.54, 1.807) is 23.7 Å². The predicted octanol–water partition coefficient (Wildman–Crippen LogP) is 1.41. The molecule has 1 heterocycles. The molecule has 3 aromatic rings. The third-order valence-corrected chi connectivity index (χ3v) is 6.83. The summed E-state index contributed by atoms with van der Waals surface area (Å²) in [5.41, 5.74) is 2.23. The molecular formula is C19H22N4O4S2. The number of aromatic nitrogens is 2. The van der Waals surface area contributed by atoms with E-state index in [-0.39, 0.29) is 16.3 Å². The van der Waals surface area contributed by atoms with Crippen molar-refractivity contribution in [3.8, 4) is 0 Å². The second kappa shape index (κ2) is 8.46. The normalized spacial score (nSPS) is 12.2. The van der Waals surface area contributed by atoms with Crippen molar-refractivity contribution < 1.29 is 16.8 Å². The highest BCUT2D eigenvalue weighted by atomic mass is 32.2. The largest absolute Gasteiger partial charge is 0.267 e. The van der Waals surface area contributed by atoms with Crippen LogP contribution in [-0.2, 0) is 33.0 Å². The number of aryl methyl sites for hydroxylation is 1. The van der Waals surface area contributed by atoms with E-state index < -0.39 is 20.0 Å². The first-order valence-electron chi connectivity index (χ1n) is 8.84. The molecule has 154 valence electrons. The van der Waals surface area contributed by atoms with Crippen molar-refractivity contribution in [2.24, 2.45) is 5.14 Å². The zero-order valence-electron chi connectivity index (χ0n) is 15.8. The standard InChI is InChI=1S/C19H22N4O4S2/c1-15-19(14-23(22-15)13-17-5-3-2-4-6-17)29(26,27)21-12-11-16-7-9-18(10-8-16)28(20,24)25/h2-10,14,21H,11-13H2,1H3,(H2,20,24,25). The lowest BCUT2D eigenvalue weighted by molar-refractivity contribution is 0.580. The number of rotatable bonds is 8. The van der Waals surface area contributed by atoms with Gasteiger partial charge in [-0.2, -0.15) is 5.10 Å². The Bertz CT molecular complexity index is 1190. The molecule has 0 aliphatic carbocycles. The average molecular weight is 435 g/mol. The monoisotopic (exact) mass is 434 g/mol. The molecule has 29 heavy (non-hydrogen) atoms. The fraction of sp³-hybridized carbons (Fsp3) is 0.211. The second-order valence-electron chi connectivity index (χ2n) is 6.60. The molecule has 0 spiro atoms. The third kappa shape index (κ3) is 5.51. The Hall–Kier alpha value is -2.53. The van der Waals surface area contributed by atoms with Gasteiger partial charge in [-0.3, -0.25) is 4.68 Å². The number of nitrogens with two attached hydrogens (primary N) is 1. The van der Waals surface area contributed by atoms with Gasteiger partial charge in [-0.15, -0.1) is 0 Å². The Morgan fingerprint density at radius 1 is 0.966 bits per heavy atom. The van der Waals surface area contributed by atoms with Crippen molar-refractivity contribution in [3.05, 3.63) is 77.6 Å². The Labute approximate surface area is 170 Å². The summed E-state index contributed by atoms with van der Waals surface area (Å²) in [5.74, 6) is 0. The summed E-state index contributed by atoms with van der Waals surface area (Å²) in [7, 11) is -7.46. The van der Waals surface area contributed by atoms with Gasteiger partial charge in [0.2, 0.25) is 20.0 Å². The zero-order valence-corrected chi connectivity index (χ0v) is 17.4. The van der Waals surface area contributed by atoms with Crippen LogP contribution in [0, 0.1) is 6.92 Å². The van der Waals surface area contributed by atoms with Crippen LogP contribution in [0.1, 0.15) is 16.8 Å². The third-order valence-electron chi connectivity index (χ3n) is 4.34. The van der Waals surface area contributed by atoms with E-state index in [2.05, 4.69) is 9.82 Å². The number of hydrogen-bond acceptors (Lipinski definition) is 5. The number of benzene rings is 2. The van der Waals surface area contributed by atoms with Crippen LogP contribution < -0.4 is 9.86 Å². The highest BCUT2D eigenvalue weighted by Crippen LogP contribution is 2.15. The van der Waals surface area contributed by atoms with Gasteiger partial charge in [0.15, 0.2) is 0 Å². The van der Waals surface area contributed by atoms with Crippen molar-refractivity contribution in [2.45, 2.75) is 29.7 Å². The number of hydrogen-bond donors (Lipinski definition) is 2. The van der Waals surface area contributed by atoms with Gasteiger partial charge < -0.3 is 0 Å². The molecule has 0 radical (unpaired) electrons. The lowest BCUT2D eigenvalue weighted by Crippen LogP contribution is -2.26. The summed E-state index contributed by atoms with van der Waals surface area (Å²) in [5, 5.41) is 9.37. The minimum absolute atomic E-state index is 0.0169. The molecule has 3 N–H and O–H groups in total. The first-order valence-corrected chi connectivity index (χ1v) is 11.9. The maximum atomic E-state index is 12.6. The van der Waals surface area contributed by atoms with E-state index in [9.17, 15) is 16.8 Å². The highest BCUT2D eigenvalue weighted by molar-refractivity contribution is 7.89. The molecule has 0 fully saturated rings. The van der Waals surface area contributed by atoms with Crippen LogP contribution in [0.15, 0.2) is 70.6 Å². The molecular weight excluding hydrogens is 412 g/mol. The first kappa shape index (κ1) is 21.2. The van der Waals surface area contributed by atoms with Crippen molar-refractivity contribution in [2.75, 3.05) is 6.54 Å². The van der Waals surface area contributed by atoms with Gasteiger partial charge in [0.05, 0.1) is 17.1 Å². The Balaban J connectivity index is 1.64. The fourth-order valence-corrected chi connectivity index (χ4v) is 4.60. The molecule has 0 aliphatic heterocycles. The summed E-state index contributed by atoms with van der Waals surface area (Å²) in [6.07, 6.45) is 1.92. The highest BCUT2D eigenvalue weighted by Gasteiger charge is 2.20. The van der Waals surface area contributed by atoms with Crippen molar-refractivity contribution in [1.82, 2.24) is 14.5 Å². The fourth-order valence-electron chi connectivity index (χ4n) is 2.87. The van der Waals surface area contributed by atoms with Crippen LogP contribution in [0.2, 0.25) is 0 Å². The Morgan fingerprint density at radius 3 is 2.24 bits per heavy atom. The quantitative estimate of drug-likeness (QED) is 0.555. The molecule has 10 heteroatoms. The average Bonchev–Trinajstić information content (AvgIpc) is 3.03. The molecule has 0 bridgehead atoms. The molecule has 0 aliphatic rings. The number of nitrogens with one attached hydrogen (secondary N) is 1. The Kier molecular flexibility index (Phi) is 6.18. The Morgan fingerprint density at radius 2 is 1.62 bits per heavy atom. The molecule has 0 atom stereocenters. The summed E-state index contributed by atoms with van der Waals surface area (Å²) < 4.78 is 52.0. The van der Waals surface area contributed by atoms with Gasteiger partial charge in [0, 0.05) is 12.7 Å². The maximum absolute atomic E-state index is 12.6. The van der Waals surface area contributed by atoms with Gasteiger partial charge in [-0.05, 0) is 36.6 Å². The summed E-state index contributed by atoms with van der Waals surface area (Å²) in [6.45, 7) is 2.30. The topological polar surface area (TPSA) is 124 Å². The van der Waals surface area contributed by atoms with Crippen LogP contribution in [0.4, 0.5) is 0 Å². The molecule has 0 saturated heterocycles. The zero-order chi connectivity index (χ0) is 21.1. The SMILES string of the molecule is Cc1nn(Cc2ccccc2)cc1S(=O)(=O)NCCc1ccc(S(N)(=O)=O)cc1. The van der Waals surface area contributed by atoms with E-state index in [0.29, 0.717) is 18.7 Å². The number of primary sulfonamides is 1. The predicted molar refractivity (Wildman–Crippen MR) is 109 cm³/mol. The van der Waals surface area contributed by atoms with Gasteiger partial charge in [-0.25, -0.2) is 26.7 Å². The van der Waals surface area contributed by atoms with Crippen LogP contribution >= 0.6 is 0 Å². The van der Waals surface area contributed by atoms with Gasteiger partial charge in [0.1, 0.15) is 4.90 Å². The lowest BCUT2D eigenvalue weighted by atomic mass is 10.2. The lowest BCUT2D eigenvalue weighted by Gasteiger charge is -2.06. The van der Waals surface area contributed by atoms with E-state index in [0.717, 1.165) is 11.1 Å². The van der Waals surface area contributed by atoms with E-state index in [1.807, 2.05) is 30.3 Å². The number of nitrogens with zero attached hydrogens (tertiary/aromatic N) is 2. The second-order valence-corrected chi connectivity index (χ2v) is 9.90. The number of sulfonamides is 2.